The summed E-state index contributed by atoms with van der Waals surface area (Å²) >= 11 is 12.9. The van der Waals surface area contributed by atoms with Crippen LogP contribution in [0.1, 0.15) is 25.6 Å². The van der Waals surface area contributed by atoms with Gasteiger partial charge in [-0.1, -0.05) is 41.4 Å². The van der Waals surface area contributed by atoms with Gasteiger partial charge < -0.3 is 5.32 Å². The first kappa shape index (κ1) is 14.8. The Morgan fingerprint density at radius 2 is 1.89 bits per heavy atom. The zero-order valence-corrected chi connectivity index (χ0v) is 14.3. The summed E-state index contributed by atoms with van der Waals surface area (Å²) in [6, 6.07) is 7.49. The van der Waals surface area contributed by atoms with E-state index in [-0.39, 0.29) is 5.92 Å². The molecule has 0 amide bonds. The van der Waals surface area contributed by atoms with Gasteiger partial charge in [0.1, 0.15) is 16.2 Å². The number of nitrogens with one attached hydrogen (secondary N) is 1. The Kier molecular flexibility index (Phi) is 4.81. The van der Waals surface area contributed by atoms with Crippen molar-refractivity contribution in [1.82, 2.24) is 9.97 Å². The van der Waals surface area contributed by atoms with Crippen LogP contribution in [-0.4, -0.2) is 9.97 Å². The lowest BCUT2D eigenvalue weighted by Gasteiger charge is -2.11. The maximum atomic E-state index is 6.17. The Hall–Kier alpha value is -0.650. The molecule has 1 N–H and O–H groups in total. The average Bonchev–Trinajstić information content (AvgIpc) is 2.32. The number of hydrogen-bond acceptors (Lipinski definition) is 3. The van der Waals surface area contributed by atoms with Crippen LogP contribution in [0.2, 0.25) is 5.02 Å². The Morgan fingerprint density at radius 3 is 2.53 bits per heavy atom. The molecule has 0 spiro atoms. The first-order valence-electron chi connectivity index (χ1n) is 5.72. The maximum Gasteiger partial charge on any atom is 0.135 e. The fourth-order valence-corrected chi connectivity index (χ4v) is 2.61. The summed E-state index contributed by atoms with van der Waals surface area (Å²) < 4.78 is 1.69. The Labute approximate surface area is 134 Å². The van der Waals surface area contributed by atoms with Gasteiger partial charge in [-0.25, -0.2) is 9.97 Å². The molecule has 0 saturated carbocycles. The van der Waals surface area contributed by atoms with E-state index in [2.05, 4.69) is 61.0 Å². The summed E-state index contributed by atoms with van der Waals surface area (Å²) in [5, 5.41) is 3.84. The van der Waals surface area contributed by atoms with Crippen molar-refractivity contribution < 1.29 is 0 Å². The van der Waals surface area contributed by atoms with Crippen molar-refractivity contribution in [2.24, 2.45) is 0 Å². The third kappa shape index (κ3) is 3.91. The van der Waals surface area contributed by atoms with Crippen molar-refractivity contribution in [2.75, 3.05) is 5.32 Å². The van der Waals surface area contributed by atoms with Crippen molar-refractivity contribution in [3.8, 4) is 0 Å². The fraction of sp³-hybridized carbons (Fsp3) is 0.231. The third-order valence-corrected chi connectivity index (χ3v) is 3.63. The van der Waals surface area contributed by atoms with Gasteiger partial charge in [0, 0.05) is 16.5 Å². The predicted molar refractivity (Wildman–Crippen MR) is 86.3 cm³/mol. The highest BCUT2D eigenvalue weighted by Crippen LogP contribution is 2.28. The summed E-state index contributed by atoms with van der Waals surface area (Å²) in [7, 11) is 0. The Morgan fingerprint density at radius 1 is 1.16 bits per heavy atom. The van der Waals surface area contributed by atoms with Crippen LogP contribution in [0.4, 0.5) is 11.5 Å². The second-order valence-corrected chi connectivity index (χ2v) is 6.47. The van der Waals surface area contributed by atoms with E-state index in [0.717, 1.165) is 26.4 Å². The van der Waals surface area contributed by atoms with Gasteiger partial charge in [0.2, 0.25) is 0 Å². The Balaban J connectivity index is 2.32. The van der Waals surface area contributed by atoms with Crippen molar-refractivity contribution in [3.05, 3.63) is 44.2 Å². The smallest absolute Gasteiger partial charge is 0.135 e. The van der Waals surface area contributed by atoms with Gasteiger partial charge in [-0.3, -0.25) is 0 Å². The topological polar surface area (TPSA) is 37.8 Å². The molecule has 0 aliphatic heterocycles. The minimum Gasteiger partial charge on any atom is -0.339 e. The minimum absolute atomic E-state index is 0.262. The van der Waals surface area contributed by atoms with Crippen molar-refractivity contribution in [3.63, 3.8) is 0 Å². The molecule has 1 heterocycles. The molecular weight excluding hydrogens is 393 g/mol. The van der Waals surface area contributed by atoms with Gasteiger partial charge in [-0.2, -0.15) is 0 Å². The fourth-order valence-electron chi connectivity index (χ4n) is 1.49. The van der Waals surface area contributed by atoms with Gasteiger partial charge in [-0.05, 0) is 34.1 Å². The summed E-state index contributed by atoms with van der Waals surface area (Å²) in [5.74, 6) is 1.76. The second-order valence-electron chi connectivity index (χ2n) is 4.34. The molecule has 1 aromatic carbocycles. The van der Waals surface area contributed by atoms with Gasteiger partial charge in [-0.15, -0.1) is 0 Å². The molecule has 0 saturated heterocycles. The van der Waals surface area contributed by atoms with E-state index in [0.29, 0.717) is 5.02 Å². The molecule has 6 heteroatoms. The summed E-state index contributed by atoms with van der Waals surface area (Å²) in [4.78, 5) is 8.81. The number of halogens is 3. The van der Waals surface area contributed by atoms with Gasteiger partial charge in [0.05, 0.1) is 10.7 Å². The molecule has 0 atom stereocenters. The van der Waals surface area contributed by atoms with E-state index in [1.807, 2.05) is 24.3 Å². The van der Waals surface area contributed by atoms with Crippen molar-refractivity contribution >= 4 is 55.0 Å². The standard InChI is InChI=1S/C13H12Br2ClN3/c1-7(2)13-18-11(15)6-12(19-13)17-10-4-3-8(14)5-9(10)16/h3-7H,1-2H3,(H,17,18,19). The molecule has 0 aliphatic carbocycles. The normalized spacial score (nSPS) is 10.8. The van der Waals surface area contributed by atoms with Crippen LogP contribution in [0, 0.1) is 0 Å². The van der Waals surface area contributed by atoms with Crippen LogP contribution < -0.4 is 5.32 Å². The van der Waals surface area contributed by atoms with Crippen LogP contribution in [-0.2, 0) is 0 Å². The highest BCUT2D eigenvalue weighted by atomic mass is 79.9. The third-order valence-electron chi connectivity index (χ3n) is 2.42. The number of nitrogens with zero attached hydrogens (tertiary/aromatic N) is 2. The lowest BCUT2D eigenvalue weighted by molar-refractivity contribution is 0.771. The van der Waals surface area contributed by atoms with E-state index in [1.54, 1.807) is 0 Å². The lowest BCUT2D eigenvalue weighted by Crippen LogP contribution is -2.02. The second kappa shape index (κ2) is 6.20. The quantitative estimate of drug-likeness (QED) is 0.683. The van der Waals surface area contributed by atoms with Gasteiger partial charge in [0.15, 0.2) is 0 Å². The van der Waals surface area contributed by atoms with Crippen LogP contribution in [0.25, 0.3) is 0 Å². The number of anilines is 2. The van der Waals surface area contributed by atoms with Crippen LogP contribution in [0.15, 0.2) is 33.3 Å². The molecule has 0 radical (unpaired) electrons. The molecule has 2 rings (SSSR count). The first-order valence-corrected chi connectivity index (χ1v) is 7.68. The van der Waals surface area contributed by atoms with E-state index in [1.165, 1.54) is 0 Å². The SMILES string of the molecule is CC(C)c1nc(Br)cc(Nc2ccc(Br)cc2Cl)n1. The molecular formula is C13H12Br2ClN3. The van der Waals surface area contributed by atoms with Gasteiger partial charge >= 0.3 is 0 Å². The van der Waals surface area contributed by atoms with E-state index >= 15 is 0 Å². The largest absolute Gasteiger partial charge is 0.339 e. The number of aromatic nitrogens is 2. The van der Waals surface area contributed by atoms with Crippen LogP contribution in [0.3, 0.4) is 0 Å². The number of hydrogen-bond donors (Lipinski definition) is 1. The molecule has 0 aliphatic rings. The van der Waals surface area contributed by atoms with Crippen LogP contribution >= 0.6 is 43.5 Å². The van der Waals surface area contributed by atoms with Crippen molar-refractivity contribution in [2.45, 2.75) is 19.8 Å². The molecule has 0 bridgehead atoms. The highest BCUT2D eigenvalue weighted by molar-refractivity contribution is 9.10. The van der Waals surface area contributed by atoms with E-state index in [9.17, 15) is 0 Å². The van der Waals surface area contributed by atoms with Crippen LogP contribution in [0.5, 0.6) is 0 Å². The molecule has 0 unspecified atom stereocenters. The zero-order valence-electron chi connectivity index (χ0n) is 10.4. The number of rotatable bonds is 3. The number of benzene rings is 1. The molecule has 100 valence electrons. The summed E-state index contributed by atoms with van der Waals surface area (Å²) in [6.07, 6.45) is 0. The average molecular weight is 406 g/mol. The molecule has 1 aromatic heterocycles. The van der Waals surface area contributed by atoms with Gasteiger partial charge in [0.25, 0.3) is 0 Å². The molecule has 0 fully saturated rings. The van der Waals surface area contributed by atoms with Crippen molar-refractivity contribution in [1.29, 1.82) is 0 Å². The minimum atomic E-state index is 0.262. The summed E-state index contributed by atoms with van der Waals surface area (Å²) in [5.41, 5.74) is 0.810. The highest BCUT2D eigenvalue weighted by Gasteiger charge is 2.08. The Bertz CT molecular complexity index is 602. The zero-order chi connectivity index (χ0) is 14.0. The monoisotopic (exact) mass is 403 g/mol. The summed E-state index contributed by atoms with van der Waals surface area (Å²) in [6.45, 7) is 4.11. The van der Waals surface area contributed by atoms with E-state index < -0.39 is 0 Å². The predicted octanol–water partition coefficient (Wildman–Crippen LogP) is 5.52. The maximum absolute atomic E-state index is 6.17. The first-order chi connectivity index (χ1) is 8.95. The molecule has 2 aromatic rings. The lowest BCUT2D eigenvalue weighted by atomic mass is 10.2. The molecule has 19 heavy (non-hydrogen) atoms. The van der Waals surface area contributed by atoms with E-state index in [4.69, 9.17) is 11.6 Å². The molecule has 3 nitrogen and oxygen atoms in total.